The topological polar surface area (TPSA) is 78.6 Å². The summed E-state index contributed by atoms with van der Waals surface area (Å²) in [5, 5.41) is 12.6. The number of phenolic OH excluding ortho intramolecular Hbond substituents is 1. The van der Waals surface area contributed by atoms with Gasteiger partial charge in [-0.25, -0.2) is 0 Å². The van der Waals surface area contributed by atoms with E-state index in [2.05, 4.69) is 5.32 Å². The highest BCUT2D eigenvalue weighted by Crippen LogP contribution is 2.26. The van der Waals surface area contributed by atoms with Crippen molar-refractivity contribution in [2.24, 2.45) is 5.73 Å². The summed E-state index contributed by atoms with van der Waals surface area (Å²) >= 11 is 5.81. The number of nitrogens with zero attached hydrogens (tertiary/aromatic N) is 1. The maximum Gasteiger partial charge on any atom is 0.239 e. The number of aromatic hydroxyl groups is 1. The number of carbonyl (C=O) groups is 1. The first-order chi connectivity index (χ1) is 8.41. The second-order valence-corrected chi connectivity index (χ2v) is 4.71. The first-order valence-electron chi connectivity index (χ1n) is 5.57. The lowest BCUT2D eigenvalue weighted by molar-refractivity contribution is -0.120. The molecule has 0 bridgehead atoms. The standard InChI is InChI=1S/C12H18ClN3O2/c1-16(2)6-5-15-11(12(14)18)8-3-4-10(17)9(13)7-8/h3-4,7,11,15,17H,5-6H2,1-2H3,(H2,14,18). The monoisotopic (exact) mass is 271 g/mol. The van der Waals surface area contributed by atoms with Gasteiger partial charge in [0, 0.05) is 13.1 Å². The number of primary amides is 1. The van der Waals surface area contributed by atoms with Crippen LogP contribution in [0.25, 0.3) is 0 Å². The van der Waals surface area contributed by atoms with Gasteiger partial charge in [0.1, 0.15) is 11.8 Å². The van der Waals surface area contributed by atoms with Crippen molar-refractivity contribution in [1.82, 2.24) is 10.2 Å². The minimum atomic E-state index is -0.608. The summed E-state index contributed by atoms with van der Waals surface area (Å²) < 4.78 is 0. The molecule has 0 aromatic heterocycles. The highest BCUT2D eigenvalue weighted by molar-refractivity contribution is 6.32. The van der Waals surface area contributed by atoms with E-state index >= 15 is 0 Å². The minimum absolute atomic E-state index is 0.0167. The number of hydrogen-bond donors (Lipinski definition) is 3. The second kappa shape index (κ2) is 6.58. The van der Waals surface area contributed by atoms with Crippen LogP contribution in [0.5, 0.6) is 5.75 Å². The average molecular weight is 272 g/mol. The molecule has 0 spiro atoms. The van der Waals surface area contributed by atoms with Crippen molar-refractivity contribution in [1.29, 1.82) is 0 Å². The van der Waals surface area contributed by atoms with Crippen LogP contribution in [0.1, 0.15) is 11.6 Å². The molecule has 18 heavy (non-hydrogen) atoms. The van der Waals surface area contributed by atoms with Crippen molar-refractivity contribution in [3.8, 4) is 5.75 Å². The van der Waals surface area contributed by atoms with Gasteiger partial charge in [-0.15, -0.1) is 0 Å². The van der Waals surface area contributed by atoms with Gasteiger partial charge >= 0.3 is 0 Å². The molecule has 4 N–H and O–H groups in total. The summed E-state index contributed by atoms with van der Waals surface area (Å²) in [6, 6.07) is 4.00. The predicted octanol–water partition coefficient (Wildman–Crippen LogP) is 0.723. The largest absolute Gasteiger partial charge is 0.506 e. The van der Waals surface area contributed by atoms with E-state index < -0.39 is 11.9 Å². The third-order valence-corrected chi connectivity index (χ3v) is 2.80. The average Bonchev–Trinajstić information content (AvgIpc) is 2.27. The molecule has 1 amide bonds. The molecule has 0 saturated carbocycles. The second-order valence-electron chi connectivity index (χ2n) is 4.30. The Kier molecular flexibility index (Phi) is 5.40. The quantitative estimate of drug-likeness (QED) is 0.713. The minimum Gasteiger partial charge on any atom is -0.506 e. The van der Waals surface area contributed by atoms with E-state index in [1.807, 2.05) is 19.0 Å². The first kappa shape index (κ1) is 14.8. The summed E-state index contributed by atoms with van der Waals surface area (Å²) in [5.41, 5.74) is 6.00. The van der Waals surface area contributed by atoms with Gasteiger partial charge in [-0.2, -0.15) is 0 Å². The number of nitrogens with one attached hydrogen (secondary N) is 1. The summed E-state index contributed by atoms with van der Waals surface area (Å²) in [5.74, 6) is -0.493. The van der Waals surface area contributed by atoms with Crippen molar-refractivity contribution in [2.45, 2.75) is 6.04 Å². The molecule has 0 radical (unpaired) electrons. The summed E-state index contributed by atoms with van der Waals surface area (Å²) in [6.45, 7) is 1.41. The van der Waals surface area contributed by atoms with Gasteiger partial charge < -0.3 is 21.1 Å². The molecule has 0 aliphatic heterocycles. The molecule has 0 aliphatic rings. The number of halogens is 1. The fraction of sp³-hybridized carbons (Fsp3) is 0.417. The van der Waals surface area contributed by atoms with Crippen molar-refractivity contribution < 1.29 is 9.90 Å². The number of phenols is 1. The van der Waals surface area contributed by atoms with Crippen molar-refractivity contribution in [2.75, 3.05) is 27.2 Å². The lowest BCUT2D eigenvalue weighted by atomic mass is 10.1. The van der Waals surface area contributed by atoms with Gasteiger partial charge in [-0.3, -0.25) is 4.79 Å². The van der Waals surface area contributed by atoms with Gasteiger partial charge in [0.25, 0.3) is 0 Å². The fourth-order valence-corrected chi connectivity index (χ4v) is 1.71. The molecule has 1 aromatic rings. The molecule has 100 valence electrons. The molecule has 0 saturated heterocycles. The van der Waals surface area contributed by atoms with Crippen LogP contribution in [-0.4, -0.2) is 43.1 Å². The van der Waals surface area contributed by atoms with E-state index in [1.165, 1.54) is 12.1 Å². The lowest BCUT2D eigenvalue weighted by Crippen LogP contribution is -2.37. The van der Waals surface area contributed by atoms with Crippen molar-refractivity contribution in [3.63, 3.8) is 0 Å². The molecule has 0 heterocycles. The van der Waals surface area contributed by atoms with Crippen molar-refractivity contribution >= 4 is 17.5 Å². The summed E-state index contributed by atoms with van der Waals surface area (Å²) in [6.07, 6.45) is 0. The first-order valence-corrected chi connectivity index (χ1v) is 5.95. The number of likely N-dealkylation sites (N-methyl/N-ethyl adjacent to an activating group) is 1. The van der Waals surface area contributed by atoms with Crippen molar-refractivity contribution in [3.05, 3.63) is 28.8 Å². The van der Waals surface area contributed by atoms with Crippen LogP contribution in [-0.2, 0) is 4.79 Å². The molecule has 1 unspecified atom stereocenters. The van der Waals surface area contributed by atoms with Crippen LogP contribution in [0.3, 0.4) is 0 Å². The Labute approximate surface area is 112 Å². The van der Waals surface area contributed by atoms with Gasteiger partial charge in [0.15, 0.2) is 0 Å². The summed E-state index contributed by atoms with van der Waals surface area (Å²) in [4.78, 5) is 13.4. The van der Waals surface area contributed by atoms with E-state index in [-0.39, 0.29) is 10.8 Å². The third kappa shape index (κ3) is 4.18. The number of carbonyl (C=O) groups excluding carboxylic acids is 1. The number of hydrogen-bond acceptors (Lipinski definition) is 4. The molecule has 1 aromatic carbocycles. The Balaban J connectivity index is 2.78. The van der Waals surface area contributed by atoms with Crippen LogP contribution in [0.4, 0.5) is 0 Å². The number of amides is 1. The maximum atomic E-state index is 11.4. The number of benzene rings is 1. The zero-order valence-electron chi connectivity index (χ0n) is 10.5. The molecular weight excluding hydrogens is 254 g/mol. The lowest BCUT2D eigenvalue weighted by Gasteiger charge is -2.18. The van der Waals surface area contributed by atoms with Crippen LogP contribution in [0, 0.1) is 0 Å². The highest BCUT2D eigenvalue weighted by atomic mass is 35.5. The fourth-order valence-electron chi connectivity index (χ4n) is 1.52. The Bertz CT molecular complexity index is 424. The third-order valence-electron chi connectivity index (χ3n) is 2.50. The smallest absolute Gasteiger partial charge is 0.239 e. The summed E-state index contributed by atoms with van der Waals surface area (Å²) in [7, 11) is 3.89. The van der Waals surface area contributed by atoms with E-state index in [0.717, 1.165) is 6.54 Å². The number of rotatable bonds is 6. The predicted molar refractivity (Wildman–Crippen MR) is 71.6 cm³/mol. The van der Waals surface area contributed by atoms with Crippen LogP contribution >= 0.6 is 11.6 Å². The van der Waals surface area contributed by atoms with Crippen LogP contribution in [0.15, 0.2) is 18.2 Å². The van der Waals surface area contributed by atoms with E-state index in [1.54, 1.807) is 6.07 Å². The van der Waals surface area contributed by atoms with Crippen LogP contribution < -0.4 is 11.1 Å². The molecular formula is C12H18ClN3O2. The van der Waals surface area contributed by atoms with Crippen LogP contribution in [0.2, 0.25) is 5.02 Å². The zero-order valence-corrected chi connectivity index (χ0v) is 11.2. The Morgan fingerprint density at radius 1 is 1.56 bits per heavy atom. The normalized spacial score (nSPS) is 12.7. The SMILES string of the molecule is CN(C)CCNC(C(N)=O)c1ccc(O)c(Cl)c1. The Morgan fingerprint density at radius 3 is 2.72 bits per heavy atom. The van der Waals surface area contributed by atoms with Gasteiger partial charge in [0.2, 0.25) is 5.91 Å². The van der Waals surface area contributed by atoms with E-state index in [0.29, 0.717) is 12.1 Å². The Morgan fingerprint density at radius 2 is 2.22 bits per heavy atom. The zero-order chi connectivity index (χ0) is 13.7. The molecule has 1 rings (SSSR count). The number of nitrogens with two attached hydrogens (primary N) is 1. The van der Waals surface area contributed by atoms with Gasteiger partial charge in [0.05, 0.1) is 5.02 Å². The van der Waals surface area contributed by atoms with Gasteiger partial charge in [-0.1, -0.05) is 17.7 Å². The maximum absolute atomic E-state index is 11.4. The highest BCUT2D eigenvalue weighted by Gasteiger charge is 2.18. The Hall–Kier alpha value is -1.30. The molecule has 5 nitrogen and oxygen atoms in total. The van der Waals surface area contributed by atoms with E-state index in [4.69, 9.17) is 17.3 Å². The molecule has 0 fully saturated rings. The molecule has 6 heteroatoms. The molecule has 0 aliphatic carbocycles. The molecule has 1 atom stereocenters. The van der Waals surface area contributed by atoms with E-state index in [9.17, 15) is 9.90 Å². The van der Waals surface area contributed by atoms with Gasteiger partial charge in [-0.05, 0) is 31.8 Å².